The molecule has 0 fully saturated rings. The van der Waals surface area contributed by atoms with Crippen molar-refractivity contribution in [3.05, 3.63) is 0 Å². The van der Waals surface area contributed by atoms with Crippen LogP contribution in [0, 0.1) is 0 Å². The van der Waals surface area contributed by atoms with Crippen LogP contribution in [0.1, 0.15) is 13.3 Å². The highest BCUT2D eigenvalue weighted by Crippen LogP contribution is 1.87. The van der Waals surface area contributed by atoms with Crippen molar-refractivity contribution in [1.82, 2.24) is 5.32 Å². The number of nitrogens with one attached hydrogen (secondary N) is 1. The van der Waals surface area contributed by atoms with Crippen LogP contribution in [0.15, 0.2) is 0 Å². The highest BCUT2D eigenvalue weighted by atomic mass is 16.2. The Bertz CT molecular complexity index is 217. The number of carbonyl (C=O) groups is 2. The molecule has 0 aliphatic rings. The van der Waals surface area contributed by atoms with Gasteiger partial charge in [-0.2, -0.15) is 0 Å². The lowest BCUT2D eigenvalue weighted by Crippen LogP contribution is -2.46. The summed E-state index contributed by atoms with van der Waals surface area (Å²) in [6.07, 6.45) is 1.31. The van der Waals surface area contributed by atoms with E-state index in [9.17, 15) is 14.4 Å². The topological polar surface area (TPSA) is 115 Å². The van der Waals surface area contributed by atoms with Crippen LogP contribution < -0.4 is 16.8 Å². The molecule has 0 heterocycles. The molecule has 1 radical (unpaired) electrons. The zero-order chi connectivity index (χ0) is 10.4. The van der Waals surface area contributed by atoms with Crippen molar-refractivity contribution in [2.45, 2.75) is 25.4 Å². The van der Waals surface area contributed by atoms with E-state index in [2.05, 4.69) is 5.32 Å². The number of hydrogen-bond acceptors (Lipinski definition) is 4. The predicted octanol–water partition coefficient (Wildman–Crippen LogP) is -2.20. The van der Waals surface area contributed by atoms with Crippen molar-refractivity contribution in [2.75, 3.05) is 0 Å². The second kappa shape index (κ2) is 5.26. The average molecular weight is 186 g/mol. The minimum absolute atomic E-state index is 0.239. The molecule has 0 aromatic rings. The first-order chi connectivity index (χ1) is 5.97. The molecule has 73 valence electrons. The summed E-state index contributed by atoms with van der Waals surface area (Å²) in [7, 11) is 0. The lowest BCUT2D eigenvalue weighted by atomic mass is 10.2. The molecule has 6 nitrogen and oxygen atoms in total. The first kappa shape index (κ1) is 11.6. The Kier molecular flexibility index (Phi) is 4.68. The van der Waals surface area contributed by atoms with Gasteiger partial charge < -0.3 is 16.8 Å². The van der Waals surface area contributed by atoms with Gasteiger partial charge in [0.15, 0.2) is 0 Å². The minimum Gasteiger partial charge on any atom is -0.370 e. The van der Waals surface area contributed by atoms with E-state index in [0.29, 0.717) is 0 Å². The molecule has 0 aromatic heterocycles. The molecule has 13 heavy (non-hydrogen) atoms. The molecule has 2 atom stereocenters. The van der Waals surface area contributed by atoms with Crippen LogP contribution in [0.25, 0.3) is 0 Å². The molecular formula is C7H12N3O3. The van der Waals surface area contributed by atoms with E-state index >= 15 is 0 Å². The summed E-state index contributed by atoms with van der Waals surface area (Å²) < 4.78 is 0. The summed E-state index contributed by atoms with van der Waals surface area (Å²) in [4.78, 5) is 31.4. The van der Waals surface area contributed by atoms with E-state index in [1.165, 1.54) is 6.92 Å². The van der Waals surface area contributed by atoms with Crippen LogP contribution in [0.4, 0.5) is 0 Å². The smallest absolute Gasteiger partial charge is 0.238 e. The summed E-state index contributed by atoms with van der Waals surface area (Å²) in [5.74, 6) is -1.25. The van der Waals surface area contributed by atoms with Gasteiger partial charge >= 0.3 is 0 Å². The second-order valence-corrected chi connectivity index (χ2v) is 2.63. The first-order valence-corrected chi connectivity index (χ1v) is 3.69. The summed E-state index contributed by atoms with van der Waals surface area (Å²) in [6, 6.07) is -1.74. The fourth-order valence-electron chi connectivity index (χ4n) is 0.659. The van der Waals surface area contributed by atoms with E-state index in [1.54, 1.807) is 6.29 Å². The molecule has 0 spiro atoms. The number of nitrogens with two attached hydrogens (primary N) is 2. The fourth-order valence-corrected chi connectivity index (χ4v) is 0.659. The van der Waals surface area contributed by atoms with Crippen molar-refractivity contribution in [3.8, 4) is 0 Å². The third kappa shape index (κ3) is 4.91. The predicted molar refractivity (Wildman–Crippen MR) is 45.1 cm³/mol. The highest BCUT2D eigenvalue weighted by Gasteiger charge is 2.17. The van der Waals surface area contributed by atoms with Crippen molar-refractivity contribution < 1.29 is 14.4 Å². The molecule has 6 heteroatoms. The number of rotatable bonds is 5. The number of primary amides is 1. The molecule has 0 rings (SSSR count). The zero-order valence-electron chi connectivity index (χ0n) is 7.24. The van der Waals surface area contributed by atoms with Gasteiger partial charge in [-0.15, -0.1) is 0 Å². The standard InChI is InChI=1S/C7H12N3O3/c1-4(3-11)10-7(13)5(8)2-6(9)12/h4-5H,2,8H2,1H3,(H2,9,12)(H,10,13)/t4-,5-/m0/s1. The van der Waals surface area contributed by atoms with Gasteiger partial charge in [-0.1, -0.05) is 0 Å². The highest BCUT2D eigenvalue weighted by molar-refractivity contribution is 5.88. The Morgan fingerprint density at radius 3 is 2.46 bits per heavy atom. The van der Waals surface area contributed by atoms with Gasteiger partial charge in [0.05, 0.1) is 18.5 Å². The Morgan fingerprint density at radius 1 is 1.54 bits per heavy atom. The van der Waals surface area contributed by atoms with Gasteiger partial charge in [-0.3, -0.25) is 14.4 Å². The first-order valence-electron chi connectivity index (χ1n) is 3.69. The Morgan fingerprint density at radius 2 is 2.08 bits per heavy atom. The fraction of sp³-hybridized carbons (Fsp3) is 0.571. The van der Waals surface area contributed by atoms with Gasteiger partial charge in [0, 0.05) is 0 Å². The minimum atomic E-state index is -1.01. The molecule has 0 aliphatic heterocycles. The number of hydrogen-bond donors (Lipinski definition) is 3. The van der Waals surface area contributed by atoms with Gasteiger partial charge in [0.25, 0.3) is 0 Å². The van der Waals surface area contributed by atoms with E-state index in [0.717, 1.165) is 0 Å². The molecule has 0 aromatic carbocycles. The van der Waals surface area contributed by atoms with Gasteiger partial charge in [0.2, 0.25) is 18.1 Å². The lowest BCUT2D eigenvalue weighted by Gasteiger charge is -2.11. The third-order valence-electron chi connectivity index (χ3n) is 1.29. The van der Waals surface area contributed by atoms with E-state index in [-0.39, 0.29) is 6.42 Å². The van der Waals surface area contributed by atoms with Gasteiger partial charge in [-0.25, -0.2) is 0 Å². The monoisotopic (exact) mass is 186 g/mol. The molecule has 0 saturated carbocycles. The number of carbonyl (C=O) groups excluding carboxylic acids is 3. The van der Waals surface area contributed by atoms with Crippen LogP contribution in [-0.4, -0.2) is 30.2 Å². The molecule has 0 unspecified atom stereocenters. The van der Waals surface area contributed by atoms with E-state index in [4.69, 9.17) is 11.5 Å². The summed E-state index contributed by atoms with van der Waals surface area (Å²) >= 11 is 0. The maximum Gasteiger partial charge on any atom is 0.238 e. The van der Waals surface area contributed by atoms with Crippen LogP contribution in [0.2, 0.25) is 0 Å². The van der Waals surface area contributed by atoms with Gasteiger partial charge in [0.1, 0.15) is 0 Å². The lowest BCUT2D eigenvalue weighted by molar-refractivity contribution is -0.126. The molecule has 0 bridgehead atoms. The molecule has 0 saturated heterocycles. The molecular weight excluding hydrogens is 174 g/mol. The van der Waals surface area contributed by atoms with Crippen molar-refractivity contribution >= 4 is 18.1 Å². The maximum atomic E-state index is 11.0. The molecule has 2 amide bonds. The van der Waals surface area contributed by atoms with Crippen LogP contribution in [0.3, 0.4) is 0 Å². The Labute approximate surface area is 75.6 Å². The molecule has 0 aliphatic carbocycles. The summed E-state index contributed by atoms with van der Waals surface area (Å²) in [5.41, 5.74) is 10.1. The van der Waals surface area contributed by atoms with Crippen molar-refractivity contribution in [1.29, 1.82) is 0 Å². The van der Waals surface area contributed by atoms with Crippen LogP contribution >= 0.6 is 0 Å². The van der Waals surface area contributed by atoms with Crippen molar-refractivity contribution in [2.24, 2.45) is 11.5 Å². The molecule has 5 N–H and O–H groups in total. The normalized spacial score (nSPS) is 14.3. The zero-order valence-corrected chi connectivity index (χ0v) is 7.24. The quantitative estimate of drug-likeness (QED) is 0.452. The summed E-state index contributed by atoms with van der Waals surface area (Å²) in [6.45, 7) is 1.45. The Balaban J connectivity index is 3.95. The van der Waals surface area contributed by atoms with Crippen LogP contribution in [0.5, 0.6) is 0 Å². The van der Waals surface area contributed by atoms with Gasteiger partial charge in [-0.05, 0) is 6.92 Å². The van der Waals surface area contributed by atoms with Crippen molar-refractivity contribution in [3.63, 3.8) is 0 Å². The van der Waals surface area contributed by atoms with E-state index < -0.39 is 23.9 Å². The van der Waals surface area contributed by atoms with E-state index in [1.807, 2.05) is 0 Å². The second-order valence-electron chi connectivity index (χ2n) is 2.63. The third-order valence-corrected chi connectivity index (χ3v) is 1.29. The SMILES string of the molecule is C[C@@H]([C]=O)NC(=O)[C@@H](N)CC(N)=O. The Hall–Kier alpha value is -1.43. The summed E-state index contributed by atoms with van der Waals surface area (Å²) in [5, 5.41) is 2.24. The number of amides is 2. The van der Waals surface area contributed by atoms with Crippen LogP contribution in [-0.2, 0) is 14.4 Å². The maximum absolute atomic E-state index is 11.0. The average Bonchev–Trinajstić information content (AvgIpc) is 2.02. The largest absolute Gasteiger partial charge is 0.370 e.